The molecule has 1 aliphatic carbocycles. The number of hydrogen-bond donors (Lipinski definition) is 1. The van der Waals surface area contributed by atoms with Crippen molar-refractivity contribution in [1.29, 1.82) is 0 Å². The Morgan fingerprint density at radius 3 is 2.67 bits per heavy atom. The van der Waals surface area contributed by atoms with Gasteiger partial charge in [-0.05, 0) is 53.3 Å². The number of nitrogens with one attached hydrogen (secondary N) is 1. The topological polar surface area (TPSA) is 59.4 Å². The van der Waals surface area contributed by atoms with Crippen molar-refractivity contribution < 1.29 is 9.53 Å². The summed E-state index contributed by atoms with van der Waals surface area (Å²) >= 11 is 0. The van der Waals surface area contributed by atoms with Gasteiger partial charge in [0, 0.05) is 49.9 Å². The van der Waals surface area contributed by atoms with Crippen LogP contribution in [0.15, 0.2) is 66.7 Å². The maximum atomic E-state index is 13.1. The van der Waals surface area contributed by atoms with Gasteiger partial charge in [-0.25, -0.2) is 0 Å². The fourth-order valence-corrected chi connectivity index (χ4v) is 5.23. The summed E-state index contributed by atoms with van der Waals surface area (Å²) in [4.78, 5) is 15.6. The Labute approximate surface area is 211 Å². The number of methoxy groups -OCH3 is 1. The van der Waals surface area contributed by atoms with E-state index in [-0.39, 0.29) is 5.91 Å². The molecule has 0 spiro atoms. The van der Waals surface area contributed by atoms with Crippen molar-refractivity contribution in [2.24, 2.45) is 0 Å². The highest BCUT2D eigenvalue weighted by Gasteiger charge is 2.31. The van der Waals surface area contributed by atoms with E-state index in [0.717, 1.165) is 63.2 Å². The van der Waals surface area contributed by atoms with Crippen LogP contribution in [0.1, 0.15) is 45.7 Å². The van der Waals surface area contributed by atoms with Crippen molar-refractivity contribution in [1.82, 2.24) is 20.0 Å². The normalized spacial score (nSPS) is 15.6. The Morgan fingerprint density at radius 1 is 1.06 bits per heavy atom. The molecule has 184 valence electrons. The minimum Gasteiger partial charge on any atom is -0.497 e. The van der Waals surface area contributed by atoms with Gasteiger partial charge in [-0.1, -0.05) is 54.6 Å². The van der Waals surface area contributed by atoms with E-state index in [1.807, 2.05) is 12.1 Å². The largest absolute Gasteiger partial charge is 0.497 e. The number of aromatic nitrogens is 2. The Morgan fingerprint density at radius 2 is 1.86 bits per heavy atom. The number of ether oxygens (including phenoxy) is 1. The molecular weight excluding hydrogens is 448 g/mol. The lowest BCUT2D eigenvalue weighted by molar-refractivity contribution is 0.0943. The Kier molecular flexibility index (Phi) is 6.20. The molecule has 1 fully saturated rings. The highest BCUT2D eigenvalue weighted by atomic mass is 16.5. The molecule has 6 rings (SSSR count). The molecule has 1 N–H and O–H groups in total. The van der Waals surface area contributed by atoms with Crippen LogP contribution in [0, 0.1) is 0 Å². The van der Waals surface area contributed by atoms with Gasteiger partial charge in [-0.2, -0.15) is 5.10 Å². The van der Waals surface area contributed by atoms with E-state index < -0.39 is 0 Å². The second-order valence-corrected chi connectivity index (χ2v) is 9.94. The average molecular weight is 481 g/mol. The molecule has 6 nitrogen and oxygen atoms in total. The Balaban J connectivity index is 1.24. The molecule has 0 radical (unpaired) electrons. The van der Waals surface area contributed by atoms with Gasteiger partial charge in [0.05, 0.1) is 7.11 Å². The molecule has 2 heterocycles. The van der Waals surface area contributed by atoms with E-state index in [0.29, 0.717) is 11.7 Å². The first-order chi connectivity index (χ1) is 17.7. The zero-order valence-corrected chi connectivity index (χ0v) is 20.7. The van der Waals surface area contributed by atoms with Gasteiger partial charge in [0.15, 0.2) is 5.69 Å². The maximum Gasteiger partial charge on any atom is 0.272 e. The van der Waals surface area contributed by atoms with Crippen LogP contribution in [0.25, 0.3) is 10.8 Å². The lowest BCUT2D eigenvalue weighted by atomic mass is 10.0. The van der Waals surface area contributed by atoms with E-state index in [1.54, 1.807) is 7.11 Å². The van der Waals surface area contributed by atoms with Crippen molar-refractivity contribution in [2.45, 2.75) is 51.4 Å². The third-order valence-corrected chi connectivity index (χ3v) is 7.39. The second-order valence-electron chi connectivity index (χ2n) is 9.94. The number of benzene rings is 3. The van der Waals surface area contributed by atoms with Crippen LogP contribution in [0.5, 0.6) is 5.75 Å². The van der Waals surface area contributed by atoms with Crippen LogP contribution in [-0.4, -0.2) is 40.3 Å². The van der Waals surface area contributed by atoms with Crippen molar-refractivity contribution >= 4 is 16.7 Å². The van der Waals surface area contributed by atoms with Gasteiger partial charge in [-0.15, -0.1) is 0 Å². The van der Waals surface area contributed by atoms with Crippen molar-refractivity contribution in [3.63, 3.8) is 0 Å². The van der Waals surface area contributed by atoms with Gasteiger partial charge in [0.1, 0.15) is 5.75 Å². The summed E-state index contributed by atoms with van der Waals surface area (Å²) in [5.41, 5.74) is 5.46. The SMILES string of the molecule is COc1ccc(CCn2nc(C(=O)NC3CC3)c3c2CCN(Cc2cccc4ccccc24)C3)cc1. The van der Waals surface area contributed by atoms with Gasteiger partial charge in [-0.3, -0.25) is 14.4 Å². The molecule has 36 heavy (non-hydrogen) atoms. The number of aryl methyl sites for hydroxylation is 2. The third-order valence-electron chi connectivity index (χ3n) is 7.39. The smallest absolute Gasteiger partial charge is 0.272 e. The van der Waals surface area contributed by atoms with Crippen LogP contribution in [-0.2, 0) is 32.5 Å². The first kappa shape index (κ1) is 22.8. The molecule has 2 aliphatic rings. The van der Waals surface area contributed by atoms with Crippen LogP contribution >= 0.6 is 0 Å². The number of carbonyl (C=O) groups is 1. The third kappa shape index (κ3) is 4.73. The molecule has 1 aliphatic heterocycles. The summed E-state index contributed by atoms with van der Waals surface area (Å²) in [6.07, 6.45) is 3.90. The van der Waals surface area contributed by atoms with E-state index >= 15 is 0 Å². The van der Waals surface area contributed by atoms with Gasteiger partial charge < -0.3 is 10.1 Å². The number of carbonyl (C=O) groups excluding carboxylic acids is 1. The summed E-state index contributed by atoms with van der Waals surface area (Å²) in [7, 11) is 1.68. The van der Waals surface area contributed by atoms with Crippen LogP contribution in [0.3, 0.4) is 0 Å². The first-order valence-electron chi connectivity index (χ1n) is 12.9. The molecule has 1 saturated carbocycles. The van der Waals surface area contributed by atoms with Crippen molar-refractivity contribution in [2.75, 3.05) is 13.7 Å². The number of hydrogen-bond acceptors (Lipinski definition) is 4. The summed E-state index contributed by atoms with van der Waals surface area (Å²) in [5, 5.41) is 10.6. The fraction of sp³-hybridized carbons (Fsp3) is 0.333. The summed E-state index contributed by atoms with van der Waals surface area (Å²) in [6, 6.07) is 23.6. The zero-order chi connectivity index (χ0) is 24.5. The minimum atomic E-state index is -0.0241. The van der Waals surface area contributed by atoms with Crippen LogP contribution < -0.4 is 10.1 Å². The minimum absolute atomic E-state index is 0.0241. The van der Waals surface area contributed by atoms with E-state index in [1.165, 1.54) is 27.6 Å². The number of amides is 1. The standard InChI is InChI=1S/C30H32N4O2/c1-36-25-13-9-21(10-14-25)15-18-34-28-16-17-33(19-23-7-4-6-22-5-2-3-8-26(22)23)20-27(28)29(32-34)30(35)31-24-11-12-24/h2-10,13-14,24H,11-12,15-20H2,1H3,(H,31,35). The monoisotopic (exact) mass is 480 g/mol. The molecule has 4 aromatic rings. The second kappa shape index (κ2) is 9.78. The fourth-order valence-electron chi connectivity index (χ4n) is 5.23. The number of fused-ring (bicyclic) bond motifs is 2. The van der Waals surface area contributed by atoms with Crippen LogP contribution in [0.2, 0.25) is 0 Å². The lowest BCUT2D eigenvalue weighted by Gasteiger charge is -2.28. The van der Waals surface area contributed by atoms with Gasteiger partial charge in [0.25, 0.3) is 5.91 Å². The summed E-state index contributed by atoms with van der Waals surface area (Å²) in [6.45, 7) is 3.32. The van der Waals surface area contributed by atoms with Crippen molar-refractivity contribution in [3.8, 4) is 5.75 Å². The van der Waals surface area contributed by atoms with E-state index in [9.17, 15) is 4.79 Å². The van der Waals surface area contributed by atoms with Crippen molar-refractivity contribution in [3.05, 3.63) is 94.8 Å². The highest BCUT2D eigenvalue weighted by Crippen LogP contribution is 2.28. The molecule has 0 atom stereocenters. The van der Waals surface area contributed by atoms with E-state index in [4.69, 9.17) is 9.84 Å². The first-order valence-corrected chi connectivity index (χ1v) is 12.9. The lowest BCUT2D eigenvalue weighted by Crippen LogP contribution is -2.33. The predicted molar refractivity (Wildman–Crippen MR) is 141 cm³/mol. The van der Waals surface area contributed by atoms with Crippen LogP contribution in [0.4, 0.5) is 0 Å². The zero-order valence-electron chi connectivity index (χ0n) is 20.7. The predicted octanol–water partition coefficient (Wildman–Crippen LogP) is 4.74. The average Bonchev–Trinajstić information content (AvgIpc) is 3.66. The molecule has 0 bridgehead atoms. The summed E-state index contributed by atoms with van der Waals surface area (Å²) < 4.78 is 7.36. The highest BCUT2D eigenvalue weighted by molar-refractivity contribution is 5.94. The molecule has 1 amide bonds. The number of rotatable bonds is 8. The molecule has 1 aromatic heterocycles. The molecule has 0 saturated heterocycles. The molecule has 3 aromatic carbocycles. The van der Waals surface area contributed by atoms with Gasteiger partial charge >= 0.3 is 0 Å². The Bertz CT molecular complexity index is 1380. The molecule has 0 unspecified atom stereocenters. The summed E-state index contributed by atoms with van der Waals surface area (Å²) in [5.74, 6) is 0.837. The maximum absolute atomic E-state index is 13.1. The Hall–Kier alpha value is -3.64. The quantitative estimate of drug-likeness (QED) is 0.396. The molecule has 6 heteroatoms. The molecular formula is C30H32N4O2. The number of nitrogens with zero attached hydrogens (tertiary/aromatic N) is 3. The van der Waals surface area contributed by atoms with Gasteiger partial charge in [0.2, 0.25) is 0 Å². The van der Waals surface area contributed by atoms with E-state index in [2.05, 4.69) is 69.5 Å².